The van der Waals surface area contributed by atoms with Crippen LogP contribution in [-0.4, -0.2) is 62.0 Å². The minimum Gasteiger partial charge on any atom is -0.484 e. The summed E-state index contributed by atoms with van der Waals surface area (Å²) in [4.78, 5) is 25.3. The van der Waals surface area contributed by atoms with E-state index in [9.17, 15) is 27.5 Å². The topological polar surface area (TPSA) is 131 Å². The Bertz CT molecular complexity index is 1280. The van der Waals surface area contributed by atoms with Gasteiger partial charge in [0.2, 0.25) is 0 Å². The maximum absolute atomic E-state index is 13.6. The van der Waals surface area contributed by atoms with Gasteiger partial charge in [0.05, 0.1) is 21.6 Å². The number of benzene rings is 2. The van der Waals surface area contributed by atoms with Crippen LogP contribution in [0.15, 0.2) is 47.4 Å². The maximum atomic E-state index is 13.6. The van der Waals surface area contributed by atoms with E-state index in [1.54, 1.807) is 0 Å². The summed E-state index contributed by atoms with van der Waals surface area (Å²) in [7, 11) is -3.33. The number of rotatable bonds is 9. The number of nitrogens with one attached hydrogen (secondary N) is 2. The van der Waals surface area contributed by atoms with Crippen molar-refractivity contribution in [2.75, 3.05) is 19.5 Å². The zero-order valence-electron chi connectivity index (χ0n) is 20.1. The van der Waals surface area contributed by atoms with E-state index in [4.69, 9.17) is 21.1 Å². The Balaban J connectivity index is 1.27. The van der Waals surface area contributed by atoms with Crippen LogP contribution in [0.2, 0.25) is 5.02 Å². The fourth-order valence-corrected chi connectivity index (χ4v) is 5.70. The highest BCUT2D eigenvalue weighted by atomic mass is 35.5. The zero-order valence-corrected chi connectivity index (χ0v) is 21.7. The molecule has 0 aromatic heterocycles. The summed E-state index contributed by atoms with van der Waals surface area (Å²) in [6.07, 6.45) is 2.53. The number of ether oxygens (including phenoxy) is 2. The van der Waals surface area contributed by atoms with Crippen molar-refractivity contribution in [1.29, 1.82) is 0 Å². The molecule has 3 aliphatic rings. The van der Waals surface area contributed by atoms with Crippen molar-refractivity contribution in [2.24, 2.45) is 0 Å². The predicted molar refractivity (Wildman–Crippen MR) is 133 cm³/mol. The molecule has 3 saturated carbocycles. The number of hydrogen-bond acceptors (Lipinski definition) is 7. The van der Waals surface area contributed by atoms with E-state index in [0.717, 1.165) is 12.3 Å². The van der Waals surface area contributed by atoms with Crippen molar-refractivity contribution in [3.63, 3.8) is 0 Å². The van der Waals surface area contributed by atoms with Crippen LogP contribution in [0.4, 0.5) is 4.39 Å². The summed E-state index contributed by atoms with van der Waals surface area (Å²) in [6.45, 7) is -0.611. The first kappa shape index (κ1) is 27.2. The van der Waals surface area contributed by atoms with Crippen LogP contribution in [0.1, 0.15) is 32.1 Å². The fourth-order valence-electron chi connectivity index (χ4n) is 4.95. The molecule has 0 heterocycles. The maximum Gasteiger partial charge on any atom is 0.258 e. The average Bonchev–Trinajstić information content (AvgIpc) is 2.84. The molecule has 0 radical (unpaired) electrons. The number of halogens is 2. The van der Waals surface area contributed by atoms with Gasteiger partial charge in [-0.25, -0.2) is 12.8 Å². The van der Waals surface area contributed by atoms with Crippen molar-refractivity contribution in [3.8, 4) is 11.5 Å². The summed E-state index contributed by atoms with van der Waals surface area (Å²) < 4.78 is 47.5. The molecule has 2 aromatic rings. The van der Waals surface area contributed by atoms with Gasteiger partial charge in [-0.05, 0) is 68.5 Å². The Labute approximate surface area is 219 Å². The average molecular weight is 555 g/mol. The Morgan fingerprint density at radius 3 is 2.14 bits per heavy atom. The molecule has 3 aliphatic carbocycles. The molecular weight excluding hydrogens is 527 g/mol. The molecule has 5 rings (SSSR count). The lowest BCUT2D eigenvalue weighted by Crippen LogP contribution is -2.70. The van der Waals surface area contributed by atoms with Gasteiger partial charge >= 0.3 is 0 Å². The predicted octanol–water partition coefficient (Wildman–Crippen LogP) is 2.39. The molecule has 200 valence electrons. The number of amides is 2. The first-order valence-corrected chi connectivity index (χ1v) is 14.0. The Morgan fingerprint density at radius 2 is 1.57 bits per heavy atom. The summed E-state index contributed by atoms with van der Waals surface area (Å²) in [6, 6.07) is 9.66. The quantitative estimate of drug-likeness (QED) is 0.434. The third-order valence-electron chi connectivity index (χ3n) is 7.00. The molecule has 9 nitrogen and oxygen atoms in total. The van der Waals surface area contributed by atoms with E-state index < -0.39 is 44.7 Å². The van der Waals surface area contributed by atoms with Crippen LogP contribution in [-0.2, 0) is 19.4 Å². The van der Waals surface area contributed by atoms with Crippen LogP contribution < -0.4 is 20.1 Å². The monoisotopic (exact) mass is 554 g/mol. The standard InChI is InChI=1S/C25H28ClFN2O7S/c1-37(33,34)18-5-2-16(3-6-18)35-15-23(32)29-25-10-8-24(9-11-25,13-21(25)30)28-22(31)14-36-17-4-7-19(26)20(27)12-17/h2-7,12,21,30H,8-11,13-15H2,1H3,(H,28,31)(H,29,32)/t21-,24?,25?/m0/s1. The zero-order chi connectivity index (χ0) is 26.8. The summed E-state index contributed by atoms with van der Waals surface area (Å²) in [5, 5.41) is 16.7. The number of sulfone groups is 1. The van der Waals surface area contributed by atoms with Gasteiger partial charge < -0.3 is 25.2 Å². The van der Waals surface area contributed by atoms with E-state index in [1.807, 2.05) is 0 Å². The molecule has 0 unspecified atom stereocenters. The highest BCUT2D eigenvalue weighted by molar-refractivity contribution is 7.90. The molecule has 2 amide bonds. The Kier molecular flexibility index (Phi) is 7.68. The van der Waals surface area contributed by atoms with E-state index in [2.05, 4.69) is 10.6 Å². The van der Waals surface area contributed by atoms with E-state index in [-0.39, 0.29) is 35.3 Å². The number of hydrogen-bond donors (Lipinski definition) is 3. The van der Waals surface area contributed by atoms with E-state index >= 15 is 0 Å². The highest BCUT2D eigenvalue weighted by Crippen LogP contribution is 2.47. The normalized spacial score (nSPS) is 24.8. The van der Waals surface area contributed by atoms with Crippen LogP contribution in [0.25, 0.3) is 0 Å². The smallest absolute Gasteiger partial charge is 0.258 e. The lowest BCUT2D eigenvalue weighted by atomic mass is 9.60. The van der Waals surface area contributed by atoms with Gasteiger partial charge in [0.15, 0.2) is 23.1 Å². The van der Waals surface area contributed by atoms with Crippen molar-refractivity contribution in [1.82, 2.24) is 10.6 Å². The molecule has 1 atom stereocenters. The van der Waals surface area contributed by atoms with Crippen LogP contribution in [0, 0.1) is 5.82 Å². The molecule has 0 saturated heterocycles. The van der Waals surface area contributed by atoms with E-state index in [1.165, 1.54) is 36.4 Å². The lowest BCUT2D eigenvalue weighted by Gasteiger charge is -2.56. The second-order valence-corrected chi connectivity index (χ2v) is 12.1. The van der Waals surface area contributed by atoms with Crippen molar-refractivity contribution < 1.29 is 37.0 Å². The van der Waals surface area contributed by atoms with Gasteiger partial charge in [-0.1, -0.05) is 11.6 Å². The molecule has 0 aliphatic heterocycles. The third kappa shape index (κ3) is 6.34. The third-order valence-corrected chi connectivity index (χ3v) is 8.43. The lowest BCUT2D eigenvalue weighted by molar-refractivity contribution is -0.137. The molecule has 12 heteroatoms. The Morgan fingerprint density at radius 1 is 1.00 bits per heavy atom. The summed E-state index contributed by atoms with van der Waals surface area (Å²) in [5.41, 5.74) is -1.43. The molecule has 0 spiro atoms. The SMILES string of the molecule is CS(=O)(=O)c1ccc(OCC(=O)NC23CCC(NC(=O)COc4ccc(Cl)c(F)c4)(CC2)C[C@@H]3O)cc1. The van der Waals surface area contributed by atoms with Gasteiger partial charge in [-0.15, -0.1) is 0 Å². The second-order valence-electron chi connectivity index (χ2n) is 9.65. The molecule has 3 fully saturated rings. The molecule has 2 bridgehead atoms. The number of aliphatic hydroxyl groups is 1. The van der Waals surface area contributed by atoms with Crippen molar-refractivity contribution in [2.45, 2.75) is 54.2 Å². The summed E-state index contributed by atoms with van der Waals surface area (Å²) in [5.74, 6) is -0.922. The minimum absolute atomic E-state index is 0.0421. The highest BCUT2D eigenvalue weighted by Gasteiger charge is 2.55. The number of carbonyl (C=O) groups excluding carboxylic acids is 2. The van der Waals surface area contributed by atoms with Crippen LogP contribution in [0.5, 0.6) is 11.5 Å². The van der Waals surface area contributed by atoms with Crippen LogP contribution in [0.3, 0.4) is 0 Å². The van der Waals surface area contributed by atoms with Gasteiger partial charge in [0.25, 0.3) is 11.8 Å². The van der Waals surface area contributed by atoms with Crippen LogP contribution >= 0.6 is 11.6 Å². The molecule has 3 N–H and O–H groups in total. The largest absolute Gasteiger partial charge is 0.484 e. The van der Waals surface area contributed by atoms with E-state index in [0.29, 0.717) is 31.4 Å². The Hall–Kier alpha value is -2.89. The second kappa shape index (κ2) is 10.5. The van der Waals surface area contributed by atoms with Gasteiger partial charge in [-0.3, -0.25) is 9.59 Å². The minimum atomic E-state index is -3.33. The summed E-state index contributed by atoms with van der Waals surface area (Å²) >= 11 is 5.65. The molecular formula is C25H28ClFN2O7S. The van der Waals surface area contributed by atoms with Gasteiger partial charge in [0, 0.05) is 17.9 Å². The van der Waals surface area contributed by atoms with Crippen molar-refractivity contribution in [3.05, 3.63) is 53.3 Å². The number of carbonyl (C=O) groups is 2. The first-order chi connectivity index (χ1) is 17.4. The molecule has 37 heavy (non-hydrogen) atoms. The van der Waals surface area contributed by atoms with Gasteiger partial charge in [0.1, 0.15) is 17.3 Å². The van der Waals surface area contributed by atoms with Crippen molar-refractivity contribution >= 4 is 33.3 Å². The number of fused-ring (bicyclic) bond motifs is 3. The first-order valence-electron chi connectivity index (χ1n) is 11.7. The molecule has 2 aromatic carbocycles. The number of aliphatic hydroxyl groups excluding tert-OH is 1. The van der Waals surface area contributed by atoms with Gasteiger partial charge in [-0.2, -0.15) is 0 Å². The fraction of sp³-hybridized carbons (Fsp3) is 0.440.